The number of piperidine rings is 1. The van der Waals surface area contributed by atoms with Crippen molar-refractivity contribution in [3.05, 3.63) is 63.6 Å². The van der Waals surface area contributed by atoms with Crippen molar-refractivity contribution in [1.29, 1.82) is 5.26 Å². The van der Waals surface area contributed by atoms with E-state index in [9.17, 15) is 4.79 Å². The van der Waals surface area contributed by atoms with Gasteiger partial charge in [-0.2, -0.15) is 5.26 Å². The number of rotatable bonds is 8. The molecule has 1 fully saturated rings. The van der Waals surface area contributed by atoms with Crippen LogP contribution in [0.15, 0.2) is 42.5 Å². The van der Waals surface area contributed by atoms with E-state index in [1.165, 1.54) is 5.56 Å². The molecule has 0 atom stereocenters. The predicted octanol–water partition coefficient (Wildman–Crippen LogP) is 4.80. The van der Waals surface area contributed by atoms with E-state index in [-0.39, 0.29) is 11.9 Å². The first-order chi connectivity index (χ1) is 14.5. The smallest absolute Gasteiger partial charge is 0.220 e. The van der Waals surface area contributed by atoms with Crippen LogP contribution >= 0.6 is 23.2 Å². The SMILES string of the molecule is N#Cc1ccc(CN2CCC(NC(=O)CCCOc3cc(Cl)ccc3Cl)CC2)cc1. The number of nitrogens with zero attached hydrogens (tertiary/aromatic N) is 2. The Kier molecular flexibility index (Phi) is 8.39. The van der Waals surface area contributed by atoms with E-state index in [0.29, 0.717) is 40.8 Å². The third-order valence-corrected chi connectivity index (χ3v) is 5.69. The third kappa shape index (κ3) is 6.91. The Labute approximate surface area is 187 Å². The summed E-state index contributed by atoms with van der Waals surface area (Å²) in [4.78, 5) is 14.6. The molecule has 0 saturated carbocycles. The second-order valence-electron chi connectivity index (χ2n) is 7.45. The van der Waals surface area contributed by atoms with Crippen molar-refractivity contribution >= 4 is 29.1 Å². The van der Waals surface area contributed by atoms with E-state index >= 15 is 0 Å². The molecule has 1 aliphatic rings. The second kappa shape index (κ2) is 11.2. The Morgan fingerprint density at radius 2 is 1.90 bits per heavy atom. The van der Waals surface area contributed by atoms with Crippen LogP contribution in [-0.2, 0) is 11.3 Å². The van der Waals surface area contributed by atoms with Gasteiger partial charge < -0.3 is 10.1 Å². The molecule has 1 aliphatic heterocycles. The van der Waals surface area contributed by atoms with Crippen LogP contribution in [0.4, 0.5) is 0 Å². The molecule has 2 aromatic carbocycles. The molecule has 0 aromatic heterocycles. The van der Waals surface area contributed by atoms with Crippen molar-refractivity contribution in [2.75, 3.05) is 19.7 Å². The summed E-state index contributed by atoms with van der Waals surface area (Å²) in [6, 6.07) is 15.2. The number of benzene rings is 2. The maximum absolute atomic E-state index is 12.2. The molecule has 0 bridgehead atoms. The monoisotopic (exact) mass is 445 g/mol. The van der Waals surface area contributed by atoms with Crippen molar-refractivity contribution < 1.29 is 9.53 Å². The van der Waals surface area contributed by atoms with E-state index in [1.54, 1.807) is 18.2 Å². The fraction of sp³-hybridized carbons (Fsp3) is 0.391. The number of halogens is 2. The minimum absolute atomic E-state index is 0.0568. The van der Waals surface area contributed by atoms with Crippen LogP contribution in [0.25, 0.3) is 0 Å². The molecule has 0 aliphatic carbocycles. The molecule has 1 N–H and O–H groups in total. The number of nitriles is 1. The number of hydrogen-bond acceptors (Lipinski definition) is 4. The number of ether oxygens (including phenoxy) is 1. The Morgan fingerprint density at radius 3 is 2.60 bits per heavy atom. The van der Waals surface area contributed by atoms with Crippen LogP contribution in [0, 0.1) is 11.3 Å². The fourth-order valence-corrected chi connectivity index (χ4v) is 3.81. The highest BCUT2D eigenvalue weighted by molar-refractivity contribution is 6.34. The van der Waals surface area contributed by atoms with Gasteiger partial charge in [0.25, 0.3) is 0 Å². The van der Waals surface area contributed by atoms with Crippen molar-refractivity contribution in [2.45, 2.75) is 38.3 Å². The number of likely N-dealkylation sites (tertiary alicyclic amines) is 1. The summed E-state index contributed by atoms with van der Waals surface area (Å²) in [5.74, 6) is 0.598. The maximum Gasteiger partial charge on any atom is 0.220 e. The largest absolute Gasteiger partial charge is 0.492 e. The van der Waals surface area contributed by atoms with Gasteiger partial charge in [-0.15, -0.1) is 0 Å². The van der Waals surface area contributed by atoms with Crippen LogP contribution < -0.4 is 10.1 Å². The molecule has 2 aromatic rings. The Balaban J connectivity index is 1.32. The lowest BCUT2D eigenvalue weighted by atomic mass is 10.0. The average molecular weight is 446 g/mol. The first kappa shape index (κ1) is 22.4. The van der Waals surface area contributed by atoms with Gasteiger partial charge in [0, 0.05) is 43.2 Å². The Hall–Kier alpha value is -2.26. The van der Waals surface area contributed by atoms with Gasteiger partial charge in [0.1, 0.15) is 5.75 Å². The normalized spacial score (nSPS) is 14.8. The number of carbonyl (C=O) groups excluding carboxylic acids is 1. The van der Waals surface area contributed by atoms with E-state index in [2.05, 4.69) is 16.3 Å². The molecule has 1 amide bonds. The summed E-state index contributed by atoms with van der Waals surface area (Å²) in [6.07, 6.45) is 2.92. The van der Waals surface area contributed by atoms with E-state index in [4.69, 9.17) is 33.2 Å². The van der Waals surface area contributed by atoms with E-state index in [0.717, 1.165) is 32.5 Å². The van der Waals surface area contributed by atoms with E-state index in [1.807, 2.05) is 24.3 Å². The molecule has 0 unspecified atom stereocenters. The van der Waals surface area contributed by atoms with Crippen molar-refractivity contribution in [3.8, 4) is 11.8 Å². The molecular formula is C23H25Cl2N3O2. The summed E-state index contributed by atoms with van der Waals surface area (Å²) >= 11 is 12.0. The maximum atomic E-state index is 12.2. The summed E-state index contributed by atoms with van der Waals surface area (Å²) < 4.78 is 5.62. The van der Waals surface area contributed by atoms with Gasteiger partial charge >= 0.3 is 0 Å². The fourth-order valence-electron chi connectivity index (χ4n) is 3.48. The van der Waals surface area contributed by atoms with Crippen LogP contribution in [-0.4, -0.2) is 36.5 Å². The quantitative estimate of drug-likeness (QED) is 0.592. The molecule has 1 saturated heterocycles. The standard InChI is InChI=1S/C23H25Cl2N3O2/c24-19-7-8-21(25)22(14-19)30-13-1-2-23(29)27-20-9-11-28(12-10-20)16-18-5-3-17(15-26)4-6-18/h3-8,14,20H,1-2,9-13,16H2,(H,27,29). The van der Waals surface area contributed by atoms with Crippen LogP contribution in [0.2, 0.25) is 10.0 Å². The molecule has 7 heteroatoms. The number of amides is 1. The summed E-state index contributed by atoms with van der Waals surface area (Å²) in [7, 11) is 0. The zero-order chi connectivity index (χ0) is 21.3. The molecule has 30 heavy (non-hydrogen) atoms. The highest BCUT2D eigenvalue weighted by Gasteiger charge is 2.20. The first-order valence-corrected chi connectivity index (χ1v) is 10.9. The summed E-state index contributed by atoms with van der Waals surface area (Å²) in [5.41, 5.74) is 1.89. The predicted molar refractivity (Wildman–Crippen MR) is 119 cm³/mol. The van der Waals surface area contributed by atoms with Gasteiger partial charge in [-0.1, -0.05) is 35.3 Å². The molecule has 1 heterocycles. The van der Waals surface area contributed by atoms with Crippen molar-refractivity contribution in [3.63, 3.8) is 0 Å². The molecule has 3 rings (SSSR count). The van der Waals surface area contributed by atoms with Crippen molar-refractivity contribution in [2.24, 2.45) is 0 Å². The van der Waals surface area contributed by atoms with Crippen LogP contribution in [0.1, 0.15) is 36.8 Å². The average Bonchev–Trinajstić information content (AvgIpc) is 2.75. The number of hydrogen-bond donors (Lipinski definition) is 1. The van der Waals surface area contributed by atoms with Gasteiger partial charge in [-0.05, 0) is 49.1 Å². The van der Waals surface area contributed by atoms with Gasteiger partial charge in [0.05, 0.1) is 23.3 Å². The minimum Gasteiger partial charge on any atom is -0.492 e. The minimum atomic E-state index is 0.0568. The Morgan fingerprint density at radius 1 is 1.17 bits per heavy atom. The van der Waals surface area contributed by atoms with Crippen molar-refractivity contribution in [1.82, 2.24) is 10.2 Å². The zero-order valence-electron chi connectivity index (χ0n) is 16.7. The molecule has 0 spiro atoms. The lowest BCUT2D eigenvalue weighted by molar-refractivity contribution is -0.122. The Bertz CT molecular complexity index is 888. The lowest BCUT2D eigenvalue weighted by Gasteiger charge is -2.32. The molecule has 0 radical (unpaired) electrons. The summed E-state index contributed by atoms with van der Waals surface area (Å²) in [6.45, 7) is 3.18. The highest BCUT2D eigenvalue weighted by Crippen LogP contribution is 2.27. The van der Waals surface area contributed by atoms with Gasteiger partial charge in [0.15, 0.2) is 0 Å². The molecular weight excluding hydrogens is 421 g/mol. The topological polar surface area (TPSA) is 65.4 Å². The molecule has 5 nitrogen and oxygen atoms in total. The van der Waals surface area contributed by atoms with Crippen LogP contribution in [0.3, 0.4) is 0 Å². The van der Waals surface area contributed by atoms with Gasteiger partial charge in [0.2, 0.25) is 5.91 Å². The molecule has 158 valence electrons. The number of nitrogens with one attached hydrogen (secondary N) is 1. The van der Waals surface area contributed by atoms with Gasteiger partial charge in [-0.25, -0.2) is 0 Å². The summed E-state index contributed by atoms with van der Waals surface area (Å²) in [5, 5.41) is 13.1. The highest BCUT2D eigenvalue weighted by atomic mass is 35.5. The second-order valence-corrected chi connectivity index (χ2v) is 8.30. The number of carbonyl (C=O) groups is 1. The third-order valence-electron chi connectivity index (χ3n) is 5.14. The lowest BCUT2D eigenvalue weighted by Crippen LogP contribution is -2.44. The van der Waals surface area contributed by atoms with Gasteiger partial charge in [-0.3, -0.25) is 9.69 Å². The van der Waals surface area contributed by atoms with E-state index < -0.39 is 0 Å². The van der Waals surface area contributed by atoms with Crippen LogP contribution in [0.5, 0.6) is 5.75 Å². The first-order valence-electron chi connectivity index (χ1n) is 10.1. The zero-order valence-corrected chi connectivity index (χ0v) is 18.3.